The summed E-state index contributed by atoms with van der Waals surface area (Å²) in [5.41, 5.74) is 0.103. The molecule has 7 nitrogen and oxygen atoms in total. The summed E-state index contributed by atoms with van der Waals surface area (Å²) in [5.74, 6) is -0.719. The van der Waals surface area contributed by atoms with Gasteiger partial charge in [0.15, 0.2) is 0 Å². The van der Waals surface area contributed by atoms with Gasteiger partial charge in [-0.05, 0) is 12.1 Å². The maximum Gasteiger partial charge on any atom is 0.339 e. The molecule has 0 atom stereocenters. The molecule has 1 saturated heterocycles. The maximum atomic E-state index is 11.9. The Balaban J connectivity index is 1.83. The van der Waals surface area contributed by atoms with Gasteiger partial charge in [-0.2, -0.15) is 0 Å². The van der Waals surface area contributed by atoms with Crippen LogP contribution in [0.15, 0.2) is 18.3 Å². The number of aromatic nitrogens is 1. The van der Waals surface area contributed by atoms with E-state index >= 15 is 0 Å². The quantitative estimate of drug-likeness (QED) is 0.812. The molecule has 108 valence electrons. The highest BCUT2D eigenvalue weighted by Crippen LogP contribution is 2.11. The van der Waals surface area contributed by atoms with Gasteiger partial charge in [-0.3, -0.25) is 4.79 Å². The standard InChI is InChI=1S/C13H17N3O4/c17-11(16-6-8-20-9-7-16)3-5-15-12-10(13(18)19)2-1-4-14-12/h1-2,4H,3,5-9H2,(H,14,15)(H,18,19). The molecule has 2 N–H and O–H groups in total. The van der Waals surface area contributed by atoms with E-state index in [-0.39, 0.29) is 17.3 Å². The van der Waals surface area contributed by atoms with Gasteiger partial charge in [0.1, 0.15) is 11.4 Å². The first kappa shape index (κ1) is 14.3. The molecule has 1 aliphatic heterocycles. The lowest BCUT2D eigenvalue weighted by atomic mass is 10.2. The monoisotopic (exact) mass is 279 g/mol. The largest absolute Gasteiger partial charge is 0.478 e. The summed E-state index contributed by atoms with van der Waals surface area (Å²) in [5, 5.41) is 11.9. The zero-order valence-corrected chi connectivity index (χ0v) is 11.0. The van der Waals surface area contributed by atoms with Gasteiger partial charge in [0.05, 0.1) is 13.2 Å². The zero-order chi connectivity index (χ0) is 14.4. The fraction of sp³-hybridized carbons (Fsp3) is 0.462. The Kier molecular flexibility index (Phi) is 4.89. The molecule has 2 heterocycles. The lowest BCUT2D eigenvalue weighted by molar-refractivity contribution is -0.134. The number of ether oxygens (including phenoxy) is 1. The van der Waals surface area contributed by atoms with Crippen LogP contribution in [0.5, 0.6) is 0 Å². The Hall–Kier alpha value is -2.15. The van der Waals surface area contributed by atoms with Gasteiger partial charge >= 0.3 is 5.97 Å². The fourth-order valence-corrected chi connectivity index (χ4v) is 1.98. The number of carbonyl (C=O) groups excluding carboxylic acids is 1. The highest BCUT2D eigenvalue weighted by atomic mass is 16.5. The molecule has 7 heteroatoms. The predicted octanol–water partition coefficient (Wildman–Crippen LogP) is 0.441. The number of rotatable bonds is 5. The minimum Gasteiger partial charge on any atom is -0.478 e. The summed E-state index contributed by atoms with van der Waals surface area (Å²) in [6.07, 6.45) is 1.81. The lowest BCUT2D eigenvalue weighted by Crippen LogP contribution is -2.41. The molecular formula is C13H17N3O4. The van der Waals surface area contributed by atoms with Crippen molar-refractivity contribution in [1.82, 2.24) is 9.88 Å². The van der Waals surface area contributed by atoms with E-state index in [2.05, 4.69) is 10.3 Å². The van der Waals surface area contributed by atoms with Crippen molar-refractivity contribution < 1.29 is 19.4 Å². The average molecular weight is 279 g/mol. The molecule has 1 aliphatic rings. The van der Waals surface area contributed by atoms with Crippen molar-refractivity contribution >= 4 is 17.7 Å². The molecule has 1 aromatic rings. The number of carboxylic acid groups (broad SMARTS) is 1. The Labute approximate surface area is 116 Å². The first-order chi connectivity index (χ1) is 9.68. The fourth-order valence-electron chi connectivity index (χ4n) is 1.98. The second-order valence-electron chi connectivity index (χ2n) is 4.37. The number of carbonyl (C=O) groups is 2. The Morgan fingerprint density at radius 2 is 2.15 bits per heavy atom. The second-order valence-corrected chi connectivity index (χ2v) is 4.37. The topological polar surface area (TPSA) is 91.8 Å². The van der Waals surface area contributed by atoms with E-state index in [1.165, 1.54) is 12.3 Å². The molecule has 0 radical (unpaired) electrons. The lowest BCUT2D eigenvalue weighted by Gasteiger charge is -2.26. The normalized spacial score (nSPS) is 14.9. The van der Waals surface area contributed by atoms with Crippen molar-refractivity contribution in [3.63, 3.8) is 0 Å². The van der Waals surface area contributed by atoms with Crippen molar-refractivity contribution in [3.05, 3.63) is 23.9 Å². The number of nitrogens with zero attached hydrogens (tertiary/aromatic N) is 2. The number of nitrogens with one attached hydrogen (secondary N) is 1. The number of hydrogen-bond acceptors (Lipinski definition) is 5. The molecule has 1 amide bonds. The van der Waals surface area contributed by atoms with Gasteiger partial charge in [-0.15, -0.1) is 0 Å². The molecule has 0 unspecified atom stereocenters. The third-order valence-electron chi connectivity index (χ3n) is 3.03. The molecule has 2 rings (SSSR count). The smallest absolute Gasteiger partial charge is 0.339 e. The number of morpholine rings is 1. The van der Waals surface area contributed by atoms with Gasteiger partial charge in [0.2, 0.25) is 5.91 Å². The third kappa shape index (κ3) is 3.67. The van der Waals surface area contributed by atoms with Crippen LogP contribution in [0.3, 0.4) is 0 Å². The zero-order valence-electron chi connectivity index (χ0n) is 11.0. The van der Waals surface area contributed by atoms with Crippen LogP contribution in [0.25, 0.3) is 0 Å². The number of amides is 1. The second kappa shape index (κ2) is 6.85. The van der Waals surface area contributed by atoms with Crippen LogP contribution in [0, 0.1) is 0 Å². The van der Waals surface area contributed by atoms with E-state index in [0.717, 1.165) is 0 Å². The van der Waals surface area contributed by atoms with Gasteiger partial charge in [0.25, 0.3) is 0 Å². The summed E-state index contributed by atoms with van der Waals surface area (Å²) >= 11 is 0. The summed E-state index contributed by atoms with van der Waals surface area (Å²) in [4.78, 5) is 28.6. The van der Waals surface area contributed by atoms with Gasteiger partial charge in [0, 0.05) is 32.3 Å². The first-order valence-corrected chi connectivity index (χ1v) is 6.46. The van der Waals surface area contributed by atoms with Crippen LogP contribution < -0.4 is 5.32 Å². The van der Waals surface area contributed by atoms with Gasteiger partial charge < -0.3 is 20.1 Å². The highest BCUT2D eigenvalue weighted by molar-refractivity contribution is 5.93. The van der Waals surface area contributed by atoms with E-state index < -0.39 is 5.97 Å². The molecule has 1 fully saturated rings. The van der Waals surface area contributed by atoms with E-state index in [1.54, 1.807) is 11.0 Å². The van der Waals surface area contributed by atoms with Gasteiger partial charge in [-0.1, -0.05) is 0 Å². The van der Waals surface area contributed by atoms with Crippen molar-refractivity contribution in [3.8, 4) is 0 Å². The molecule has 0 bridgehead atoms. The van der Waals surface area contributed by atoms with E-state index in [4.69, 9.17) is 9.84 Å². The van der Waals surface area contributed by atoms with Crippen molar-refractivity contribution in [2.75, 3.05) is 38.2 Å². The number of anilines is 1. The van der Waals surface area contributed by atoms with Crippen LogP contribution in [0.2, 0.25) is 0 Å². The predicted molar refractivity (Wildman–Crippen MR) is 71.7 cm³/mol. The molecular weight excluding hydrogens is 262 g/mol. The van der Waals surface area contributed by atoms with E-state index in [1.807, 2.05) is 0 Å². The van der Waals surface area contributed by atoms with Crippen LogP contribution in [0.4, 0.5) is 5.82 Å². The number of aromatic carboxylic acids is 1. The summed E-state index contributed by atoms with van der Waals surface area (Å²) in [7, 11) is 0. The number of pyridine rings is 1. The minimum absolute atomic E-state index is 0.0357. The maximum absolute atomic E-state index is 11.9. The van der Waals surface area contributed by atoms with Crippen molar-refractivity contribution in [1.29, 1.82) is 0 Å². The van der Waals surface area contributed by atoms with E-state index in [0.29, 0.717) is 39.3 Å². The Morgan fingerprint density at radius 1 is 1.40 bits per heavy atom. The third-order valence-corrected chi connectivity index (χ3v) is 3.03. The van der Waals surface area contributed by atoms with Crippen molar-refractivity contribution in [2.45, 2.75) is 6.42 Å². The average Bonchev–Trinajstić information content (AvgIpc) is 2.48. The van der Waals surface area contributed by atoms with Crippen LogP contribution in [-0.2, 0) is 9.53 Å². The van der Waals surface area contributed by atoms with E-state index in [9.17, 15) is 9.59 Å². The number of carboxylic acids is 1. The molecule has 0 aliphatic carbocycles. The highest BCUT2D eigenvalue weighted by Gasteiger charge is 2.16. The van der Waals surface area contributed by atoms with Crippen molar-refractivity contribution in [2.24, 2.45) is 0 Å². The van der Waals surface area contributed by atoms with Crippen LogP contribution in [-0.4, -0.2) is 59.7 Å². The summed E-state index contributed by atoms with van der Waals surface area (Å²) in [6.45, 7) is 2.73. The SMILES string of the molecule is O=C(O)c1cccnc1NCCC(=O)N1CCOCC1. The molecule has 0 aromatic carbocycles. The number of hydrogen-bond donors (Lipinski definition) is 2. The van der Waals surface area contributed by atoms with Crippen LogP contribution >= 0.6 is 0 Å². The minimum atomic E-state index is -1.04. The van der Waals surface area contributed by atoms with Crippen LogP contribution in [0.1, 0.15) is 16.8 Å². The van der Waals surface area contributed by atoms with Gasteiger partial charge in [-0.25, -0.2) is 9.78 Å². The molecule has 0 spiro atoms. The summed E-state index contributed by atoms with van der Waals surface area (Å²) < 4.78 is 5.18. The molecule has 0 saturated carbocycles. The molecule has 1 aromatic heterocycles. The Bertz CT molecular complexity index is 486. The molecule has 20 heavy (non-hydrogen) atoms. The summed E-state index contributed by atoms with van der Waals surface area (Å²) in [6, 6.07) is 3.04. The first-order valence-electron chi connectivity index (χ1n) is 6.46. The Morgan fingerprint density at radius 3 is 2.85 bits per heavy atom.